The van der Waals surface area contributed by atoms with Gasteiger partial charge in [0.2, 0.25) is 0 Å². The van der Waals surface area contributed by atoms with Crippen LogP contribution in [-0.4, -0.2) is 73.6 Å². The van der Waals surface area contributed by atoms with E-state index in [0.29, 0.717) is 0 Å². The first-order valence-corrected chi connectivity index (χ1v) is 10.8. The number of benzene rings is 1. The van der Waals surface area contributed by atoms with Crippen LogP contribution in [0.3, 0.4) is 0 Å². The van der Waals surface area contributed by atoms with Crippen LogP contribution in [-0.2, 0) is 13.1 Å². The number of rotatable bonds is 6. The zero-order valence-electron chi connectivity index (χ0n) is 16.6. The van der Waals surface area contributed by atoms with E-state index in [1.54, 1.807) is 0 Å². The lowest BCUT2D eigenvalue weighted by molar-refractivity contribution is 0.148. The van der Waals surface area contributed by atoms with E-state index in [2.05, 4.69) is 68.5 Å². The predicted molar refractivity (Wildman–Crippen MR) is 128 cm³/mol. The molecule has 0 radical (unpaired) electrons. The molecule has 2 heterocycles. The summed E-state index contributed by atoms with van der Waals surface area (Å²) < 4.78 is 0. The monoisotopic (exact) mass is 503 g/mol. The number of halogens is 1. The molecule has 1 unspecified atom stereocenters. The molecule has 5 nitrogen and oxygen atoms in total. The van der Waals surface area contributed by atoms with E-state index in [1.165, 1.54) is 55.9 Å². The number of piperazine rings is 1. The Labute approximate surface area is 185 Å². The summed E-state index contributed by atoms with van der Waals surface area (Å²) in [6.45, 7) is 7.56. The molecule has 2 aliphatic heterocycles. The first-order chi connectivity index (χ1) is 12.7. The summed E-state index contributed by atoms with van der Waals surface area (Å²) in [4.78, 5) is 9.28. The zero-order chi connectivity index (χ0) is 18.2. The van der Waals surface area contributed by atoms with Crippen LogP contribution in [0.4, 0.5) is 0 Å². The molecular weight excluding hydrogens is 469 g/mol. The molecule has 0 aromatic heterocycles. The minimum absolute atomic E-state index is 0. The first-order valence-electron chi connectivity index (χ1n) is 9.78. The lowest BCUT2D eigenvalue weighted by Crippen LogP contribution is -2.43. The fraction of sp³-hybridized carbons (Fsp3) is 0.650. The number of nitrogens with zero attached hydrogens (tertiary/aromatic N) is 3. The van der Waals surface area contributed by atoms with Gasteiger partial charge in [0.05, 0.1) is 0 Å². The maximum atomic E-state index is 4.34. The summed E-state index contributed by atoms with van der Waals surface area (Å²) in [6.07, 6.45) is 2.67. The quantitative estimate of drug-likeness (QED) is 0.355. The Balaban J connectivity index is 0.00000261. The molecule has 1 aromatic rings. The Morgan fingerprint density at radius 3 is 2.44 bits per heavy atom. The minimum atomic E-state index is 0. The van der Waals surface area contributed by atoms with Gasteiger partial charge in [-0.3, -0.25) is 9.89 Å². The van der Waals surface area contributed by atoms with Crippen LogP contribution in [0.15, 0.2) is 29.3 Å². The molecule has 27 heavy (non-hydrogen) atoms. The molecule has 1 atom stereocenters. The van der Waals surface area contributed by atoms with Crippen LogP contribution in [0.2, 0.25) is 0 Å². The average molecular weight is 503 g/mol. The van der Waals surface area contributed by atoms with Crippen molar-refractivity contribution in [3.05, 3.63) is 35.4 Å². The fourth-order valence-corrected chi connectivity index (χ4v) is 4.65. The maximum absolute atomic E-state index is 4.34. The number of guanidine groups is 1. The van der Waals surface area contributed by atoms with Gasteiger partial charge < -0.3 is 15.5 Å². The van der Waals surface area contributed by atoms with Gasteiger partial charge in [-0.15, -0.1) is 24.0 Å². The summed E-state index contributed by atoms with van der Waals surface area (Å²) >= 11 is 2.07. The van der Waals surface area contributed by atoms with Crippen molar-refractivity contribution >= 4 is 41.7 Å². The van der Waals surface area contributed by atoms with Crippen LogP contribution in [0.25, 0.3) is 0 Å². The summed E-state index contributed by atoms with van der Waals surface area (Å²) in [6, 6.07) is 9.00. The SMILES string of the molecule is CN=C(NCc1ccc(CN2CCN(C)CC2)cc1)NCC1CCCS1.I. The molecule has 0 bridgehead atoms. The standard InChI is InChI=1S/C20H33N5S.HI/c1-21-20(23-15-19-4-3-13-26-19)22-14-17-5-7-18(8-6-17)16-25-11-9-24(2)10-12-25;/h5-8,19H,3-4,9-16H2,1-2H3,(H2,21,22,23);1H. The molecule has 2 saturated heterocycles. The molecule has 1 aromatic carbocycles. The molecule has 2 fully saturated rings. The van der Waals surface area contributed by atoms with Crippen molar-refractivity contribution in [3.63, 3.8) is 0 Å². The molecule has 2 N–H and O–H groups in total. The summed E-state index contributed by atoms with van der Waals surface area (Å²) in [5.41, 5.74) is 2.70. The first kappa shape index (κ1) is 22.8. The third-order valence-corrected chi connectivity index (χ3v) is 6.63. The Bertz CT molecular complexity index is 566. The second-order valence-electron chi connectivity index (χ2n) is 7.34. The van der Waals surface area contributed by atoms with Gasteiger partial charge in [0.1, 0.15) is 0 Å². The molecule has 0 amide bonds. The number of aliphatic imine (C=N–C) groups is 1. The highest BCUT2D eigenvalue weighted by Gasteiger charge is 2.16. The summed E-state index contributed by atoms with van der Waals surface area (Å²) in [7, 11) is 4.05. The third-order valence-electron chi connectivity index (χ3n) is 5.23. The lowest BCUT2D eigenvalue weighted by Gasteiger charge is -2.32. The van der Waals surface area contributed by atoms with Crippen LogP contribution in [0.5, 0.6) is 0 Å². The van der Waals surface area contributed by atoms with Crippen molar-refractivity contribution in [2.45, 2.75) is 31.2 Å². The van der Waals surface area contributed by atoms with Crippen molar-refractivity contribution in [2.75, 3.05) is 52.6 Å². The zero-order valence-corrected chi connectivity index (χ0v) is 19.8. The molecule has 3 rings (SSSR count). The normalized spacial score (nSPS) is 21.7. The molecule has 152 valence electrons. The number of hydrogen-bond donors (Lipinski definition) is 2. The minimum Gasteiger partial charge on any atom is -0.355 e. The number of hydrogen-bond acceptors (Lipinski definition) is 4. The van der Waals surface area contributed by atoms with Crippen molar-refractivity contribution in [3.8, 4) is 0 Å². The van der Waals surface area contributed by atoms with Crippen LogP contribution in [0, 0.1) is 0 Å². The van der Waals surface area contributed by atoms with Gasteiger partial charge >= 0.3 is 0 Å². The second kappa shape index (κ2) is 12.1. The van der Waals surface area contributed by atoms with E-state index in [9.17, 15) is 0 Å². The van der Waals surface area contributed by atoms with Crippen LogP contribution < -0.4 is 10.6 Å². The molecule has 7 heteroatoms. The van der Waals surface area contributed by atoms with Gasteiger partial charge in [0, 0.05) is 58.1 Å². The smallest absolute Gasteiger partial charge is 0.191 e. The van der Waals surface area contributed by atoms with E-state index in [4.69, 9.17) is 0 Å². The van der Waals surface area contributed by atoms with Gasteiger partial charge in [0.25, 0.3) is 0 Å². The van der Waals surface area contributed by atoms with E-state index in [1.807, 2.05) is 7.05 Å². The highest BCUT2D eigenvalue weighted by Crippen LogP contribution is 2.25. The van der Waals surface area contributed by atoms with Gasteiger partial charge in [-0.05, 0) is 36.8 Å². The number of thioether (sulfide) groups is 1. The van der Waals surface area contributed by atoms with E-state index < -0.39 is 0 Å². The van der Waals surface area contributed by atoms with Gasteiger partial charge in [-0.25, -0.2) is 0 Å². The van der Waals surface area contributed by atoms with Gasteiger partial charge in [0.15, 0.2) is 5.96 Å². The maximum Gasteiger partial charge on any atom is 0.191 e. The van der Waals surface area contributed by atoms with Crippen molar-refractivity contribution in [1.82, 2.24) is 20.4 Å². The average Bonchev–Trinajstić information content (AvgIpc) is 3.18. The Kier molecular flexibility index (Phi) is 10.2. The van der Waals surface area contributed by atoms with E-state index in [-0.39, 0.29) is 24.0 Å². The van der Waals surface area contributed by atoms with Crippen molar-refractivity contribution in [1.29, 1.82) is 0 Å². The van der Waals surface area contributed by atoms with Gasteiger partial charge in [-0.1, -0.05) is 24.3 Å². The third kappa shape index (κ3) is 7.79. The molecule has 0 spiro atoms. The topological polar surface area (TPSA) is 42.9 Å². The van der Waals surface area contributed by atoms with Crippen LogP contribution >= 0.6 is 35.7 Å². The molecule has 0 aliphatic carbocycles. The molecular formula is C20H34IN5S. The van der Waals surface area contributed by atoms with Gasteiger partial charge in [-0.2, -0.15) is 11.8 Å². The fourth-order valence-electron chi connectivity index (χ4n) is 3.45. The Morgan fingerprint density at radius 1 is 1.11 bits per heavy atom. The van der Waals surface area contributed by atoms with Crippen molar-refractivity contribution < 1.29 is 0 Å². The largest absolute Gasteiger partial charge is 0.355 e. The number of nitrogens with one attached hydrogen (secondary N) is 2. The second-order valence-corrected chi connectivity index (χ2v) is 8.75. The molecule has 0 saturated carbocycles. The predicted octanol–water partition coefficient (Wildman–Crippen LogP) is 2.61. The van der Waals surface area contributed by atoms with Crippen molar-refractivity contribution in [2.24, 2.45) is 4.99 Å². The summed E-state index contributed by atoms with van der Waals surface area (Å²) in [5, 5.41) is 7.63. The van der Waals surface area contributed by atoms with E-state index in [0.717, 1.165) is 30.8 Å². The highest BCUT2D eigenvalue weighted by molar-refractivity contribution is 14.0. The highest BCUT2D eigenvalue weighted by atomic mass is 127. The lowest BCUT2D eigenvalue weighted by atomic mass is 10.1. The number of likely N-dealkylation sites (N-methyl/N-ethyl adjacent to an activating group) is 1. The molecule has 2 aliphatic rings. The summed E-state index contributed by atoms with van der Waals surface area (Å²) in [5.74, 6) is 2.21. The van der Waals surface area contributed by atoms with E-state index >= 15 is 0 Å². The Morgan fingerprint density at radius 2 is 1.81 bits per heavy atom. The Hall–Kier alpha value is -0.510. The van der Waals surface area contributed by atoms with Crippen LogP contribution in [0.1, 0.15) is 24.0 Å².